The summed E-state index contributed by atoms with van der Waals surface area (Å²) in [5.41, 5.74) is 1.08. The summed E-state index contributed by atoms with van der Waals surface area (Å²) in [6.45, 7) is 0.502. The summed E-state index contributed by atoms with van der Waals surface area (Å²) in [7, 11) is 1.58. The molecular weight excluding hydrogens is 337 g/mol. The molecule has 0 aromatic heterocycles. The molecule has 0 unspecified atom stereocenters. The quantitative estimate of drug-likeness (QED) is 0.760. The zero-order chi connectivity index (χ0) is 16.7. The molecule has 23 heavy (non-hydrogen) atoms. The maximum atomic E-state index is 13.6. The monoisotopic (exact) mass is 353 g/mol. The van der Waals surface area contributed by atoms with Crippen molar-refractivity contribution in [3.63, 3.8) is 0 Å². The van der Waals surface area contributed by atoms with E-state index in [1.807, 2.05) is 0 Å². The molecule has 0 aliphatic rings. The molecule has 1 amide bonds. The number of halogens is 2. The molecule has 0 fully saturated rings. The highest BCUT2D eigenvalue weighted by Crippen LogP contribution is 2.23. The molecule has 0 saturated heterocycles. The number of hydrogen-bond donors (Lipinski definition) is 1. The molecule has 2 aromatic rings. The standard InChI is InChI=1S/C17H17ClFNO2S/c1-22-13-7-5-12(6-8-13)17(21)20-9-10-23-11-14-15(18)3-2-4-16(14)19/h2-8H,9-11H2,1H3,(H,20,21). The third-order valence-corrected chi connectivity index (χ3v) is 4.53. The second-order valence-corrected chi connectivity index (χ2v) is 6.25. The van der Waals surface area contributed by atoms with Crippen molar-refractivity contribution >= 4 is 29.3 Å². The molecule has 2 aromatic carbocycles. The van der Waals surface area contributed by atoms with E-state index in [0.717, 1.165) is 0 Å². The van der Waals surface area contributed by atoms with Crippen molar-refractivity contribution in [3.05, 3.63) is 64.4 Å². The molecule has 3 nitrogen and oxygen atoms in total. The maximum Gasteiger partial charge on any atom is 0.251 e. The Bertz CT molecular complexity index is 644. The van der Waals surface area contributed by atoms with Gasteiger partial charge in [-0.3, -0.25) is 4.79 Å². The average Bonchev–Trinajstić information content (AvgIpc) is 2.56. The highest BCUT2D eigenvalue weighted by Gasteiger charge is 2.07. The minimum atomic E-state index is -0.299. The van der Waals surface area contributed by atoms with Gasteiger partial charge >= 0.3 is 0 Å². The first-order valence-corrected chi connectivity index (χ1v) is 8.58. The highest BCUT2D eigenvalue weighted by atomic mass is 35.5. The van der Waals surface area contributed by atoms with Crippen LogP contribution in [0.1, 0.15) is 15.9 Å². The minimum absolute atomic E-state index is 0.142. The number of thioether (sulfide) groups is 1. The van der Waals surface area contributed by atoms with E-state index < -0.39 is 0 Å². The molecule has 0 spiro atoms. The Morgan fingerprint density at radius 1 is 1.26 bits per heavy atom. The van der Waals surface area contributed by atoms with E-state index >= 15 is 0 Å². The number of rotatable bonds is 7. The summed E-state index contributed by atoms with van der Waals surface area (Å²) in [4.78, 5) is 11.9. The Labute approximate surface area is 144 Å². The van der Waals surface area contributed by atoms with Crippen molar-refractivity contribution in [1.82, 2.24) is 5.32 Å². The number of nitrogens with one attached hydrogen (secondary N) is 1. The van der Waals surface area contributed by atoms with Gasteiger partial charge in [-0.1, -0.05) is 17.7 Å². The Kier molecular flexibility index (Phi) is 6.74. The first-order chi connectivity index (χ1) is 11.1. The van der Waals surface area contributed by atoms with Gasteiger partial charge in [-0.25, -0.2) is 4.39 Å². The minimum Gasteiger partial charge on any atom is -0.497 e. The summed E-state index contributed by atoms with van der Waals surface area (Å²) in [6, 6.07) is 11.6. The Morgan fingerprint density at radius 3 is 2.65 bits per heavy atom. The van der Waals surface area contributed by atoms with Gasteiger partial charge in [-0.15, -0.1) is 0 Å². The van der Waals surface area contributed by atoms with Crippen LogP contribution < -0.4 is 10.1 Å². The van der Waals surface area contributed by atoms with Crippen LogP contribution in [0.4, 0.5) is 4.39 Å². The van der Waals surface area contributed by atoms with Gasteiger partial charge in [0, 0.05) is 34.2 Å². The van der Waals surface area contributed by atoms with E-state index in [-0.39, 0.29) is 11.7 Å². The predicted molar refractivity (Wildman–Crippen MR) is 92.9 cm³/mol. The number of carbonyl (C=O) groups excluding carboxylic acids is 1. The maximum absolute atomic E-state index is 13.6. The smallest absolute Gasteiger partial charge is 0.251 e. The number of benzene rings is 2. The Morgan fingerprint density at radius 2 is 2.00 bits per heavy atom. The van der Waals surface area contributed by atoms with Gasteiger partial charge in [0.05, 0.1) is 7.11 Å². The van der Waals surface area contributed by atoms with Crippen LogP contribution in [0.25, 0.3) is 0 Å². The molecule has 122 valence electrons. The van der Waals surface area contributed by atoms with Crippen LogP contribution in [0.3, 0.4) is 0 Å². The lowest BCUT2D eigenvalue weighted by Crippen LogP contribution is -2.25. The molecule has 0 atom stereocenters. The molecule has 0 aliphatic heterocycles. The summed E-state index contributed by atoms with van der Waals surface area (Å²) in [5.74, 6) is 1.42. The van der Waals surface area contributed by atoms with Gasteiger partial charge in [0.15, 0.2) is 0 Å². The molecule has 0 bridgehead atoms. The molecule has 2 rings (SSSR count). The van der Waals surface area contributed by atoms with Crippen molar-refractivity contribution < 1.29 is 13.9 Å². The van der Waals surface area contributed by atoms with E-state index in [1.165, 1.54) is 17.8 Å². The summed E-state index contributed by atoms with van der Waals surface area (Å²) in [6.07, 6.45) is 0. The van der Waals surface area contributed by atoms with Gasteiger partial charge < -0.3 is 10.1 Å². The molecule has 0 heterocycles. The SMILES string of the molecule is COc1ccc(C(=O)NCCSCc2c(F)cccc2Cl)cc1. The Balaban J connectivity index is 1.73. The van der Waals surface area contributed by atoms with E-state index in [2.05, 4.69) is 5.32 Å². The first-order valence-electron chi connectivity index (χ1n) is 7.04. The first kappa shape index (κ1) is 17.6. The van der Waals surface area contributed by atoms with Crippen molar-refractivity contribution in [1.29, 1.82) is 0 Å². The van der Waals surface area contributed by atoms with Crippen LogP contribution in [-0.2, 0) is 5.75 Å². The second-order valence-electron chi connectivity index (χ2n) is 4.74. The molecular formula is C17H17ClFNO2S. The van der Waals surface area contributed by atoms with Crippen LogP contribution in [-0.4, -0.2) is 25.3 Å². The summed E-state index contributed by atoms with van der Waals surface area (Å²) >= 11 is 7.48. The number of ether oxygens (including phenoxy) is 1. The van der Waals surface area contributed by atoms with Gasteiger partial charge in [0.25, 0.3) is 5.91 Å². The number of amides is 1. The topological polar surface area (TPSA) is 38.3 Å². The van der Waals surface area contributed by atoms with Crippen molar-refractivity contribution in [2.24, 2.45) is 0 Å². The summed E-state index contributed by atoms with van der Waals surface area (Å²) < 4.78 is 18.6. The third-order valence-electron chi connectivity index (χ3n) is 3.19. The van der Waals surface area contributed by atoms with Crippen molar-refractivity contribution in [2.75, 3.05) is 19.4 Å². The normalized spacial score (nSPS) is 10.4. The van der Waals surface area contributed by atoms with Crippen LogP contribution in [0.2, 0.25) is 5.02 Å². The lowest BCUT2D eigenvalue weighted by Gasteiger charge is -2.07. The number of hydrogen-bond acceptors (Lipinski definition) is 3. The van der Waals surface area contributed by atoms with E-state index in [9.17, 15) is 9.18 Å². The fourth-order valence-electron chi connectivity index (χ4n) is 1.93. The zero-order valence-corrected chi connectivity index (χ0v) is 14.2. The van der Waals surface area contributed by atoms with Gasteiger partial charge in [0.1, 0.15) is 11.6 Å². The van der Waals surface area contributed by atoms with Crippen LogP contribution in [0.15, 0.2) is 42.5 Å². The van der Waals surface area contributed by atoms with E-state index in [1.54, 1.807) is 43.5 Å². The molecule has 0 saturated carbocycles. The molecule has 1 N–H and O–H groups in total. The fourth-order valence-corrected chi connectivity index (χ4v) is 3.12. The zero-order valence-electron chi connectivity index (χ0n) is 12.6. The van der Waals surface area contributed by atoms with Crippen LogP contribution in [0.5, 0.6) is 5.75 Å². The lowest BCUT2D eigenvalue weighted by atomic mass is 10.2. The largest absolute Gasteiger partial charge is 0.497 e. The highest BCUT2D eigenvalue weighted by molar-refractivity contribution is 7.98. The number of carbonyl (C=O) groups is 1. The molecule has 0 aliphatic carbocycles. The van der Waals surface area contributed by atoms with Gasteiger partial charge in [-0.05, 0) is 36.4 Å². The van der Waals surface area contributed by atoms with Crippen LogP contribution >= 0.6 is 23.4 Å². The van der Waals surface area contributed by atoms with Crippen LogP contribution in [0, 0.1) is 5.82 Å². The van der Waals surface area contributed by atoms with E-state index in [4.69, 9.17) is 16.3 Å². The predicted octanol–water partition coefficient (Wildman–Crippen LogP) is 4.15. The average molecular weight is 354 g/mol. The van der Waals surface area contributed by atoms with E-state index in [0.29, 0.717) is 39.9 Å². The number of methoxy groups -OCH3 is 1. The molecule has 6 heteroatoms. The fraction of sp³-hybridized carbons (Fsp3) is 0.235. The third kappa shape index (κ3) is 5.15. The van der Waals surface area contributed by atoms with Gasteiger partial charge in [-0.2, -0.15) is 11.8 Å². The van der Waals surface area contributed by atoms with Crippen molar-refractivity contribution in [2.45, 2.75) is 5.75 Å². The van der Waals surface area contributed by atoms with Gasteiger partial charge in [0.2, 0.25) is 0 Å². The van der Waals surface area contributed by atoms with Crippen molar-refractivity contribution in [3.8, 4) is 5.75 Å². The second kappa shape index (κ2) is 8.79. The lowest BCUT2D eigenvalue weighted by molar-refractivity contribution is 0.0956. The Hall–Kier alpha value is -1.72. The summed E-state index contributed by atoms with van der Waals surface area (Å²) in [5, 5.41) is 3.25. The molecule has 0 radical (unpaired) electrons.